The molecule has 5 rings (SSSR count). The van der Waals surface area contributed by atoms with Gasteiger partial charge < -0.3 is 15.4 Å². The second kappa shape index (κ2) is 8.32. The Kier molecular flexibility index (Phi) is 5.33. The van der Waals surface area contributed by atoms with Crippen LogP contribution in [0, 0.1) is 16.0 Å². The van der Waals surface area contributed by atoms with Crippen molar-refractivity contribution in [2.45, 2.75) is 32.4 Å². The third-order valence-corrected chi connectivity index (χ3v) is 7.21. The molecule has 1 amide bonds. The molecule has 0 saturated heterocycles. The second-order valence-electron chi connectivity index (χ2n) is 8.37. The van der Waals surface area contributed by atoms with Gasteiger partial charge in [-0.25, -0.2) is 4.79 Å². The number of thiophene rings is 1. The van der Waals surface area contributed by atoms with E-state index < -0.39 is 10.9 Å². The van der Waals surface area contributed by atoms with Gasteiger partial charge in [0.25, 0.3) is 11.6 Å². The number of nitrogens with one attached hydrogen (secondary N) is 2. The van der Waals surface area contributed by atoms with Gasteiger partial charge in [0.1, 0.15) is 16.9 Å². The van der Waals surface area contributed by atoms with Gasteiger partial charge in [0, 0.05) is 17.0 Å². The molecule has 0 radical (unpaired) electrons. The molecular formula is C24H21N3O5S. The number of nitrogens with zero attached hydrogens (tertiary/aromatic N) is 1. The van der Waals surface area contributed by atoms with Crippen molar-refractivity contribution >= 4 is 33.9 Å². The van der Waals surface area contributed by atoms with Crippen molar-refractivity contribution in [3.63, 3.8) is 0 Å². The lowest BCUT2D eigenvalue weighted by Gasteiger charge is -2.27. The Balaban J connectivity index is 1.28. The zero-order valence-electron chi connectivity index (χ0n) is 17.8. The van der Waals surface area contributed by atoms with Crippen LogP contribution in [0.2, 0.25) is 0 Å². The van der Waals surface area contributed by atoms with Crippen LogP contribution in [0.1, 0.15) is 56.2 Å². The standard InChI is InChI=1S/C24H21N3O5S/c1-13-2-11-18-19(12-13)33-23-20(18)22(28)25-21(26-23)14-5-9-17(10-6-14)32-24(29)15-3-7-16(8-4-15)27(30)31/h3-10,13,21,26H,2,11-12H2,1H3,(H,25,28)/t13-,21+/m1/s1. The van der Waals surface area contributed by atoms with E-state index in [1.165, 1.54) is 34.7 Å². The maximum Gasteiger partial charge on any atom is 0.343 e. The first kappa shape index (κ1) is 21.1. The van der Waals surface area contributed by atoms with Crippen molar-refractivity contribution in [1.82, 2.24) is 5.32 Å². The minimum atomic E-state index is -0.607. The Labute approximate surface area is 193 Å². The number of hydrogen-bond donors (Lipinski definition) is 2. The number of carbonyl (C=O) groups is 2. The molecule has 0 bridgehead atoms. The number of nitro benzene ring substituents is 1. The third-order valence-electron chi connectivity index (χ3n) is 6.03. The van der Waals surface area contributed by atoms with Crippen LogP contribution in [0.15, 0.2) is 48.5 Å². The molecule has 168 valence electrons. The van der Waals surface area contributed by atoms with Gasteiger partial charge in [-0.3, -0.25) is 14.9 Å². The Morgan fingerprint density at radius 3 is 2.55 bits per heavy atom. The molecule has 1 aliphatic carbocycles. The summed E-state index contributed by atoms with van der Waals surface area (Å²) in [6.45, 7) is 2.24. The summed E-state index contributed by atoms with van der Waals surface area (Å²) in [5.41, 5.74) is 2.93. The molecule has 0 spiro atoms. The van der Waals surface area contributed by atoms with E-state index in [0.29, 0.717) is 11.7 Å². The molecule has 2 N–H and O–H groups in total. The minimum Gasteiger partial charge on any atom is -0.423 e. The number of ether oxygens (including phenoxy) is 1. The summed E-state index contributed by atoms with van der Waals surface area (Å²) < 4.78 is 5.37. The fourth-order valence-corrected chi connectivity index (χ4v) is 5.68. The van der Waals surface area contributed by atoms with Crippen LogP contribution < -0.4 is 15.4 Å². The number of rotatable bonds is 4. The first-order valence-electron chi connectivity index (χ1n) is 10.7. The fourth-order valence-electron chi connectivity index (χ4n) is 4.24. The quantitative estimate of drug-likeness (QED) is 0.248. The van der Waals surface area contributed by atoms with Crippen LogP contribution >= 0.6 is 11.3 Å². The molecule has 0 saturated carbocycles. The Morgan fingerprint density at radius 1 is 1.12 bits per heavy atom. The highest BCUT2D eigenvalue weighted by molar-refractivity contribution is 7.16. The summed E-state index contributed by atoms with van der Waals surface area (Å²) in [4.78, 5) is 36.7. The minimum absolute atomic E-state index is 0.0607. The number of non-ortho nitro benzene ring substituents is 1. The lowest BCUT2D eigenvalue weighted by atomic mass is 9.88. The van der Waals surface area contributed by atoms with E-state index in [-0.39, 0.29) is 23.3 Å². The molecular weight excluding hydrogens is 442 g/mol. The van der Waals surface area contributed by atoms with Gasteiger partial charge in [0.2, 0.25) is 0 Å². The largest absolute Gasteiger partial charge is 0.423 e. The second-order valence-corrected chi connectivity index (χ2v) is 9.47. The lowest BCUT2D eigenvalue weighted by Crippen LogP contribution is -2.38. The number of hydrogen-bond acceptors (Lipinski definition) is 7. The summed E-state index contributed by atoms with van der Waals surface area (Å²) in [5, 5.41) is 18.1. The smallest absolute Gasteiger partial charge is 0.343 e. The molecule has 9 heteroatoms. The van der Waals surface area contributed by atoms with E-state index in [1.807, 2.05) is 0 Å². The van der Waals surface area contributed by atoms with Crippen LogP contribution in [-0.2, 0) is 12.8 Å². The zero-order chi connectivity index (χ0) is 23.1. The van der Waals surface area contributed by atoms with Crippen LogP contribution in [0.25, 0.3) is 0 Å². The van der Waals surface area contributed by atoms with Crippen molar-refractivity contribution in [1.29, 1.82) is 0 Å². The summed E-state index contributed by atoms with van der Waals surface area (Å²) in [7, 11) is 0. The monoisotopic (exact) mass is 463 g/mol. The van der Waals surface area contributed by atoms with E-state index in [0.717, 1.165) is 35.4 Å². The Morgan fingerprint density at radius 2 is 1.85 bits per heavy atom. The van der Waals surface area contributed by atoms with Crippen LogP contribution in [0.3, 0.4) is 0 Å². The Hall–Kier alpha value is -3.72. The zero-order valence-corrected chi connectivity index (χ0v) is 18.6. The molecule has 1 aromatic heterocycles. The normalized spacial score (nSPS) is 19.0. The van der Waals surface area contributed by atoms with E-state index in [9.17, 15) is 19.7 Å². The maximum absolute atomic E-state index is 12.9. The molecule has 2 heterocycles. The van der Waals surface area contributed by atoms with Crippen LogP contribution in [0.5, 0.6) is 5.75 Å². The van der Waals surface area contributed by atoms with Crippen molar-refractivity contribution in [2.24, 2.45) is 5.92 Å². The van der Waals surface area contributed by atoms with Gasteiger partial charge >= 0.3 is 5.97 Å². The highest BCUT2D eigenvalue weighted by atomic mass is 32.1. The van der Waals surface area contributed by atoms with Crippen molar-refractivity contribution in [2.75, 3.05) is 5.32 Å². The van der Waals surface area contributed by atoms with Crippen molar-refractivity contribution in [3.05, 3.63) is 85.8 Å². The fraction of sp³-hybridized carbons (Fsp3) is 0.250. The topological polar surface area (TPSA) is 111 Å². The van der Waals surface area contributed by atoms with Crippen LogP contribution in [-0.4, -0.2) is 16.8 Å². The third kappa shape index (κ3) is 4.07. The number of esters is 1. The molecule has 2 aromatic carbocycles. The van der Waals surface area contributed by atoms with E-state index in [1.54, 1.807) is 35.6 Å². The average Bonchev–Trinajstić information content (AvgIpc) is 3.17. The molecule has 2 atom stereocenters. The van der Waals surface area contributed by atoms with Gasteiger partial charge in [-0.1, -0.05) is 19.1 Å². The number of carbonyl (C=O) groups excluding carboxylic acids is 2. The van der Waals surface area contributed by atoms with Crippen LogP contribution in [0.4, 0.5) is 10.7 Å². The summed E-state index contributed by atoms with van der Waals surface area (Å²) in [6.07, 6.45) is 2.69. The predicted octanol–water partition coefficient (Wildman–Crippen LogP) is 4.85. The highest BCUT2D eigenvalue weighted by Crippen LogP contribution is 2.42. The SMILES string of the molecule is C[C@@H]1CCc2c(sc3c2C(=O)N[C@H](c2ccc(OC(=O)c4ccc([N+](=O)[O-])cc4)cc2)N3)C1. The van der Waals surface area contributed by atoms with Crippen molar-refractivity contribution in [3.8, 4) is 5.75 Å². The molecule has 2 aliphatic rings. The molecule has 1 aliphatic heterocycles. The highest BCUT2D eigenvalue weighted by Gasteiger charge is 2.33. The van der Waals surface area contributed by atoms with E-state index in [4.69, 9.17) is 4.74 Å². The average molecular weight is 464 g/mol. The van der Waals surface area contributed by atoms with Gasteiger partial charge in [0.15, 0.2) is 0 Å². The Bertz CT molecular complexity index is 1250. The van der Waals surface area contributed by atoms with Gasteiger partial charge in [0.05, 0.1) is 16.1 Å². The molecule has 0 fully saturated rings. The lowest BCUT2D eigenvalue weighted by molar-refractivity contribution is -0.384. The van der Waals surface area contributed by atoms with Gasteiger partial charge in [-0.05, 0) is 60.6 Å². The predicted molar refractivity (Wildman–Crippen MR) is 124 cm³/mol. The first-order chi connectivity index (χ1) is 15.9. The van der Waals surface area contributed by atoms with Gasteiger partial charge in [-0.15, -0.1) is 11.3 Å². The number of amides is 1. The molecule has 0 unspecified atom stereocenters. The number of nitro groups is 1. The molecule has 33 heavy (non-hydrogen) atoms. The summed E-state index contributed by atoms with van der Waals surface area (Å²) in [5.74, 6) is 0.308. The summed E-state index contributed by atoms with van der Waals surface area (Å²) >= 11 is 1.67. The van der Waals surface area contributed by atoms with Gasteiger partial charge in [-0.2, -0.15) is 0 Å². The van der Waals surface area contributed by atoms with Crippen molar-refractivity contribution < 1.29 is 19.2 Å². The van der Waals surface area contributed by atoms with E-state index >= 15 is 0 Å². The molecule has 3 aromatic rings. The number of fused-ring (bicyclic) bond motifs is 3. The number of benzene rings is 2. The summed E-state index contributed by atoms with van der Waals surface area (Å²) in [6, 6.07) is 12.1. The van der Waals surface area contributed by atoms with E-state index in [2.05, 4.69) is 17.6 Å². The maximum atomic E-state index is 12.9. The molecule has 8 nitrogen and oxygen atoms in total. The number of anilines is 1. The first-order valence-corrected chi connectivity index (χ1v) is 11.5.